The largest absolute Gasteiger partial charge is 1.00 e. The van der Waals surface area contributed by atoms with Crippen LogP contribution in [-0.4, -0.2) is 44.3 Å². The van der Waals surface area contributed by atoms with Crippen molar-refractivity contribution in [3.8, 4) is 5.75 Å². The molecule has 0 aliphatic carbocycles. The zero-order valence-electron chi connectivity index (χ0n) is 17.9. The first kappa shape index (κ1) is 27.8. The minimum atomic E-state index is -4.32. The van der Waals surface area contributed by atoms with E-state index < -0.39 is 27.1 Å². The fraction of sp³-hybridized carbons (Fsp3) is 0.700. The number of hydrogen-bond acceptors (Lipinski definition) is 6. The molecule has 6 nitrogen and oxygen atoms in total. The summed E-state index contributed by atoms with van der Waals surface area (Å²) in [5.41, 5.74) is -0.398. The van der Waals surface area contributed by atoms with Gasteiger partial charge in [0.25, 0.3) is 0 Å². The van der Waals surface area contributed by atoms with Crippen LogP contribution in [-0.2, 0) is 19.6 Å². The van der Waals surface area contributed by atoms with Gasteiger partial charge < -0.3 is 18.8 Å². The predicted octanol–water partition coefficient (Wildman–Crippen LogP) is 0.971. The van der Waals surface area contributed by atoms with E-state index in [1.807, 2.05) is 37.3 Å². The van der Waals surface area contributed by atoms with Crippen LogP contribution >= 0.6 is 0 Å². The number of para-hydroxylation sites is 1. The van der Waals surface area contributed by atoms with E-state index in [1.165, 1.54) is 0 Å². The van der Waals surface area contributed by atoms with Crippen LogP contribution in [0, 0.1) is 5.41 Å². The average Bonchev–Trinajstić information content (AvgIpc) is 2.59. The maximum absolute atomic E-state index is 10.8. The van der Waals surface area contributed by atoms with Crippen molar-refractivity contribution >= 4 is 10.1 Å². The smallest absolute Gasteiger partial charge is 0.748 e. The minimum absolute atomic E-state index is 0. The van der Waals surface area contributed by atoms with Gasteiger partial charge in [0.15, 0.2) is 0 Å². The van der Waals surface area contributed by atoms with Gasteiger partial charge in [0.2, 0.25) is 5.79 Å². The maximum atomic E-state index is 10.8. The Morgan fingerprint density at radius 2 is 1.71 bits per heavy atom. The number of unbranched alkanes of at least 4 members (excludes halogenated alkanes) is 2. The number of benzene rings is 1. The summed E-state index contributed by atoms with van der Waals surface area (Å²) in [6, 6.07) is 9.34. The molecule has 1 aromatic rings. The quantitative estimate of drug-likeness (QED) is 0.192. The van der Waals surface area contributed by atoms with Gasteiger partial charge in [-0.25, -0.2) is 8.42 Å². The Bertz CT molecular complexity index is 635. The van der Waals surface area contributed by atoms with Gasteiger partial charge in [-0.05, 0) is 25.5 Å². The van der Waals surface area contributed by atoms with Crippen molar-refractivity contribution in [2.24, 2.45) is 5.41 Å². The molecule has 0 amide bonds. The normalized spacial score (nSPS) is 14.2. The topological polar surface area (TPSA) is 84.9 Å². The zero-order chi connectivity index (χ0) is 20.4. The molecular formula is C20H33NaO6S. The standard InChI is InChI=1S/C20H34O6S.Na/c1-5-7-11-14-19(3,4)20(25-6-2,17-24-15-16-27(21,22)23)26-18-12-9-8-10-13-18;/h8-10,12-13H,5-7,11,14-17H2,1-4H3,(H,21,22,23);/q;+1/p-1. The molecule has 0 spiro atoms. The van der Waals surface area contributed by atoms with Crippen LogP contribution in [0.15, 0.2) is 30.3 Å². The van der Waals surface area contributed by atoms with Gasteiger partial charge in [0, 0.05) is 12.0 Å². The molecular weight excluding hydrogens is 391 g/mol. The molecule has 0 fully saturated rings. The molecule has 1 rings (SSSR count). The Kier molecular flexibility index (Phi) is 13.1. The molecule has 0 N–H and O–H groups in total. The number of rotatable bonds is 14. The van der Waals surface area contributed by atoms with Crippen LogP contribution in [0.3, 0.4) is 0 Å². The molecule has 0 aliphatic rings. The molecule has 0 heterocycles. The SMILES string of the molecule is CCCCCC(C)(C)C(COCCS(=O)(=O)[O-])(OCC)Oc1ccccc1.[Na+]. The second-order valence-electron chi connectivity index (χ2n) is 7.26. The van der Waals surface area contributed by atoms with E-state index in [-0.39, 0.29) is 42.8 Å². The van der Waals surface area contributed by atoms with Crippen LogP contribution in [0.4, 0.5) is 0 Å². The Hall–Kier alpha value is -0.150. The van der Waals surface area contributed by atoms with Crippen molar-refractivity contribution in [1.82, 2.24) is 0 Å². The van der Waals surface area contributed by atoms with Gasteiger partial charge >= 0.3 is 29.6 Å². The van der Waals surface area contributed by atoms with E-state index in [2.05, 4.69) is 20.8 Å². The Morgan fingerprint density at radius 3 is 2.25 bits per heavy atom. The summed E-state index contributed by atoms with van der Waals surface area (Å²) >= 11 is 0. The Labute approximate surface area is 192 Å². The van der Waals surface area contributed by atoms with Crippen molar-refractivity contribution in [2.75, 3.05) is 25.6 Å². The molecule has 1 atom stereocenters. The molecule has 0 saturated carbocycles. The molecule has 0 saturated heterocycles. The van der Waals surface area contributed by atoms with E-state index in [0.717, 1.165) is 25.7 Å². The minimum Gasteiger partial charge on any atom is -0.748 e. The number of hydrogen-bond donors (Lipinski definition) is 0. The van der Waals surface area contributed by atoms with Crippen LogP contribution in [0.1, 0.15) is 53.4 Å². The van der Waals surface area contributed by atoms with Crippen molar-refractivity contribution in [2.45, 2.75) is 59.2 Å². The van der Waals surface area contributed by atoms with E-state index in [0.29, 0.717) is 12.4 Å². The summed E-state index contributed by atoms with van der Waals surface area (Å²) in [5.74, 6) is -1.02. The van der Waals surface area contributed by atoms with Crippen molar-refractivity contribution < 1.29 is 56.7 Å². The van der Waals surface area contributed by atoms with Crippen LogP contribution in [0.2, 0.25) is 0 Å². The van der Waals surface area contributed by atoms with Crippen molar-refractivity contribution in [3.05, 3.63) is 30.3 Å². The summed E-state index contributed by atoms with van der Waals surface area (Å²) < 4.78 is 50.5. The van der Waals surface area contributed by atoms with E-state index >= 15 is 0 Å². The van der Waals surface area contributed by atoms with Gasteiger partial charge in [-0.1, -0.05) is 58.2 Å². The Balaban J connectivity index is 0.00000729. The van der Waals surface area contributed by atoms with Crippen LogP contribution in [0.5, 0.6) is 5.75 Å². The summed E-state index contributed by atoms with van der Waals surface area (Å²) in [4.78, 5) is 0. The molecule has 0 aliphatic heterocycles. The summed E-state index contributed by atoms with van der Waals surface area (Å²) in [6.45, 7) is 8.41. The molecule has 28 heavy (non-hydrogen) atoms. The van der Waals surface area contributed by atoms with Gasteiger partial charge in [-0.2, -0.15) is 0 Å². The molecule has 0 bridgehead atoms. The van der Waals surface area contributed by atoms with E-state index in [9.17, 15) is 13.0 Å². The molecule has 156 valence electrons. The molecule has 0 aromatic heterocycles. The van der Waals surface area contributed by atoms with Crippen molar-refractivity contribution in [1.29, 1.82) is 0 Å². The van der Waals surface area contributed by atoms with Gasteiger partial charge in [0.05, 0.1) is 22.5 Å². The van der Waals surface area contributed by atoms with Crippen LogP contribution < -0.4 is 34.3 Å². The first-order chi connectivity index (χ1) is 12.7. The van der Waals surface area contributed by atoms with Crippen molar-refractivity contribution in [3.63, 3.8) is 0 Å². The molecule has 0 radical (unpaired) electrons. The fourth-order valence-electron chi connectivity index (χ4n) is 2.92. The van der Waals surface area contributed by atoms with Gasteiger partial charge in [-0.15, -0.1) is 0 Å². The first-order valence-corrected chi connectivity index (χ1v) is 11.1. The van der Waals surface area contributed by atoms with Gasteiger partial charge in [-0.3, -0.25) is 0 Å². The summed E-state index contributed by atoms with van der Waals surface area (Å²) in [7, 11) is -4.32. The van der Waals surface area contributed by atoms with E-state index in [1.54, 1.807) is 0 Å². The summed E-state index contributed by atoms with van der Waals surface area (Å²) in [5, 5.41) is 0. The van der Waals surface area contributed by atoms with Gasteiger partial charge in [0.1, 0.15) is 12.4 Å². The molecule has 8 heteroatoms. The third-order valence-electron chi connectivity index (χ3n) is 4.61. The number of ether oxygens (including phenoxy) is 3. The molecule has 1 unspecified atom stereocenters. The first-order valence-electron chi connectivity index (χ1n) is 9.55. The third-order valence-corrected chi connectivity index (χ3v) is 5.28. The average molecular weight is 425 g/mol. The maximum Gasteiger partial charge on any atom is 1.00 e. The predicted molar refractivity (Wildman–Crippen MR) is 105 cm³/mol. The Morgan fingerprint density at radius 1 is 1.07 bits per heavy atom. The van der Waals surface area contributed by atoms with E-state index in [4.69, 9.17) is 14.2 Å². The fourth-order valence-corrected chi connectivity index (χ4v) is 3.24. The molecule has 1 aromatic carbocycles. The summed E-state index contributed by atoms with van der Waals surface area (Å²) in [6.07, 6.45) is 4.09. The second-order valence-corrected chi connectivity index (χ2v) is 8.78. The zero-order valence-corrected chi connectivity index (χ0v) is 20.7. The third kappa shape index (κ3) is 9.57. The second kappa shape index (κ2) is 13.2. The monoisotopic (exact) mass is 424 g/mol. The van der Waals surface area contributed by atoms with Crippen LogP contribution in [0.25, 0.3) is 0 Å².